The van der Waals surface area contributed by atoms with Crippen LogP contribution in [-0.2, 0) is 18.5 Å². The molecule has 0 aliphatic rings. The van der Waals surface area contributed by atoms with Crippen LogP contribution in [0.2, 0.25) is 0 Å². The van der Waals surface area contributed by atoms with Crippen LogP contribution < -0.4 is 4.74 Å². The van der Waals surface area contributed by atoms with Crippen molar-refractivity contribution in [3.05, 3.63) is 71.4 Å². The second kappa shape index (κ2) is 8.80. The molecule has 0 radical (unpaired) electrons. The summed E-state index contributed by atoms with van der Waals surface area (Å²) in [5.41, 5.74) is 0.807. The Hall–Kier alpha value is -3.34. The van der Waals surface area contributed by atoms with Crippen LogP contribution in [0.1, 0.15) is 22.9 Å². The van der Waals surface area contributed by atoms with Crippen molar-refractivity contribution in [1.29, 1.82) is 0 Å². The first-order chi connectivity index (χ1) is 14.9. The Kier molecular flexibility index (Phi) is 5.94. The van der Waals surface area contributed by atoms with Gasteiger partial charge in [0.2, 0.25) is 11.7 Å². The third kappa shape index (κ3) is 5.43. The Morgan fingerprint density at radius 3 is 2.42 bits per heavy atom. The van der Waals surface area contributed by atoms with Gasteiger partial charge in [0, 0.05) is 5.56 Å². The van der Waals surface area contributed by atoms with Gasteiger partial charge >= 0.3 is 6.18 Å². The molecular weight excluding hydrogens is 433 g/mol. The van der Waals surface area contributed by atoms with Crippen LogP contribution in [0.25, 0.3) is 11.4 Å². The molecule has 4 aromatic rings. The largest absolute Gasteiger partial charge is 0.484 e. The fourth-order valence-corrected chi connectivity index (χ4v) is 3.11. The van der Waals surface area contributed by atoms with Crippen LogP contribution in [0.3, 0.4) is 0 Å². The van der Waals surface area contributed by atoms with Gasteiger partial charge in [-0.15, -0.1) is 10.2 Å². The first-order valence-electron chi connectivity index (χ1n) is 9.02. The molecule has 0 spiro atoms. The van der Waals surface area contributed by atoms with Crippen molar-refractivity contribution in [2.75, 3.05) is 0 Å². The summed E-state index contributed by atoms with van der Waals surface area (Å²) in [6, 6.07) is 12.1. The van der Waals surface area contributed by atoms with Crippen molar-refractivity contribution >= 4 is 11.8 Å². The Morgan fingerprint density at radius 1 is 0.968 bits per heavy atom. The van der Waals surface area contributed by atoms with Crippen molar-refractivity contribution in [3.8, 4) is 17.1 Å². The van der Waals surface area contributed by atoms with Gasteiger partial charge in [0.25, 0.3) is 11.1 Å². The number of aromatic nitrogens is 4. The fraction of sp³-hybridized carbons (Fsp3) is 0.200. The van der Waals surface area contributed by atoms with E-state index >= 15 is 0 Å². The molecule has 0 aliphatic carbocycles. The fourth-order valence-electron chi connectivity index (χ4n) is 2.50. The van der Waals surface area contributed by atoms with Crippen LogP contribution in [0.5, 0.6) is 5.75 Å². The van der Waals surface area contributed by atoms with E-state index in [-0.39, 0.29) is 24.1 Å². The van der Waals surface area contributed by atoms with Crippen molar-refractivity contribution in [3.63, 3.8) is 0 Å². The summed E-state index contributed by atoms with van der Waals surface area (Å²) < 4.78 is 54.2. The van der Waals surface area contributed by atoms with Crippen molar-refractivity contribution in [2.24, 2.45) is 0 Å². The van der Waals surface area contributed by atoms with Crippen molar-refractivity contribution in [1.82, 2.24) is 20.3 Å². The molecule has 0 saturated carbocycles. The Bertz CT molecular complexity index is 1140. The molecule has 11 heteroatoms. The molecule has 160 valence electrons. The molecule has 7 nitrogen and oxygen atoms in total. The number of aryl methyl sites for hydroxylation is 1. The van der Waals surface area contributed by atoms with E-state index in [1.807, 2.05) is 31.2 Å². The molecule has 0 amide bonds. The van der Waals surface area contributed by atoms with Crippen LogP contribution in [0.15, 0.2) is 62.7 Å². The van der Waals surface area contributed by atoms with Gasteiger partial charge in [-0.25, -0.2) is 0 Å². The number of nitrogens with zero attached hydrogens (tertiary/aromatic N) is 4. The number of alkyl halides is 3. The molecule has 0 N–H and O–H groups in total. The van der Waals surface area contributed by atoms with E-state index in [2.05, 4.69) is 20.3 Å². The highest BCUT2D eigenvalue weighted by molar-refractivity contribution is 7.98. The molecule has 31 heavy (non-hydrogen) atoms. The number of rotatable bonds is 7. The van der Waals surface area contributed by atoms with E-state index in [4.69, 9.17) is 13.7 Å². The number of hydrogen-bond donors (Lipinski definition) is 0. The quantitative estimate of drug-likeness (QED) is 0.351. The van der Waals surface area contributed by atoms with Gasteiger partial charge < -0.3 is 13.7 Å². The third-order valence-corrected chi connectivity index (χ3v) is 4.89. The SMILES string of the molecule is Cc1ccc(OCc2nnc(SCc3nc(-c4ccc(C(F)(F)F)cc4)no3)o2)cc1. The maximum absolute atomic E-state index is 12.7. The maximum atomic E-state index is 12.7. The Morgan fingerprint density at radius 2 is 1.71 bits per heavy atom. The summed E-state index contributed by atoms with van der Waals surface area (Å²) in [6.45, 7) is 2.12. The highest BCUT2D eigenvalue weighted by Gasteiger charge is 2.30. The molecule has 2 aromatic carbocycles. The monoisotopic (exact) mass is 448 g/mol. The lowest BCUT2D eigenvalue weighted by Gasteiger charge is -2.05. The topological polar surface area (TPSA) is 87.1 Å². The zero-order valence-electron chi connectivity index (χ0n) is 16.1. The van der Waals surface area contributed by atoms with E-state index in [1.165, 1.54) is 23.9 Å². The summed E-state index contributed by atoms with van der Waals surface area (Å²) in [7, 11) is 0. The zero-order chi connectivity index (χ0) is 21.8. The average Bonchev–Trinajstić information content (AvgIpc) is 3.41. The highest BCUT2D eigenvalue weighted by Crippen LogP contribution is 2.30. The number of benzene rings is 2. The number of hydrogen-bond acceptors (Lipinski definition) is 8. The number of thioether (sulfide) groups is 1. The van der Waals surface area contributed by atoms with Crippen LogP contribution >= 0.6 is 11.8 Å². The van der Waals surface area contributed by atoms with E-state index in [1.54, 1.807) is 0 Å². The Labute approximate surface area is 178 Å². The predicted molar refractivity (Wildman–Crippen MR) is 104 cm³/mol. The molecule has 0 aliphatic heterocycles. The molecule has 0 unspecified atom stereocenters. The first-order valence-corrected chi connectivity index (χ1v) is 10.0. The van der Waals surface area contributed by atoms with Gasteiger partial charge in [-0.2, -0.15) is 18.2 Å². The molecule has 0 fully saturated rings. The summed E-state index contributed by atoms with van der Waals surface area (Å²) >= 11 is 1.19. The Balaban J connectivity index is 1.31. The molecule has 0 atom stereocenters. The van der Waals surface area contributed by atoms with E-state index in [0.29, 0.717) is 22.4 Å². The molecule has 4 rings (SSSR count). The molecular formula is C20H15F3N4O3S. The second-order valence-electron chi connectivity index (χ2n) is 6.44. The average molecular weight is 448 g/mol. The van der Waals surface area contributed by atoms with Crippen molar-refractivity contribution < 1.29 is 26.8 Å². The molecule has 0 saturated heterocycles. The zero-order valence-corrected chi connectivity index (χ0v) is 16.9. The summed E-state index contributed by atoms with van der Waals surface area (Å²) in [4.78, 5) is 4.18. The molecule has 2 heterocycles. The van der Waals surface area contributed by atoms with E-state index < -0.39 is 11.7 Å². The van der Waals surface area contributed by atoms with E-state index in [0.717, 1.165) is 17.7 Å². The number of halogens is 3. The lowest BCUT2D eigenvalue weighted by atomic mass is 10.1. The van der Waals surface area contributed by atoms with Gasteiger partial charge in [0.15, 0.2) is 6.61 Å². The van der Waals surface area contributed by atoms with Crippen LogP contribution in [-0.4, -0.2) is 20.3 Å². The van der Waals surface area contributed by atoms with Crippen LogP contribution in [0.4, 0.5) is 13.2 Å². The molecule has 2 aromatic heterocycles. The van der Waals surface area contributed by atoms with Gasteiger partial charge in [0.05, 0.1) is 11.3 Å². The minimum Gasteiger partial charge on any atom is -0.484 e. The first kappa shape index (κ1) is 20.9. The normalized spacial score (nSPS) is 11.6. The lowest BCUT2D eigenvalue weighted by molar-refractivity contribution is -0.137. The summed E-state index contributed by atoms with van der Waals surface area (Å²) in [5.74, 6) is 1.74. The van der Waals surface area contributed by atoms with Gasteiger partial charge in [-0.3, -0.25) is 0 Å². The van der Waals surface area contributed by atoms with Crippen molar-refractivity contribution in [2.45, 2.75) is 30.7 Å². The van der Waals surface area contributed by atoms with Gasteiger partial charge in [-0.1, -0.05) is 46.7 Å². The minimum atomic E-state index is -4.40. The summed E-state index contributed by atoms with van der Waals surface area (Å²) in [5, 5.41) is 11.9. The second-order valence-corrected chi connectivity index (χ2v) is 7.37. The maximum Gasteiger partial charge on any atom is 0.416 e. The van der Waals surface area contributed by atoms with Gasteiger partial charge in [0.1, 0.15) is 5.75 Å². The minimum absolute atomic E-state index is 0.134. The van der Waals surface area contributed by atoms with E-state index in [9.17, 15) is 13.2 Å². The third-order valence-electron chi connectivity index (χ3n) is 4.09. The smallest absolute Gasteiger partial charge is 0.416 e. The van der Waals surface area contributed by atoms with Gasteiger partial charge in [-0.05, 0) is 31.2 Å². The molecule has 0 bridgehead atoms. The highest BCUT2D eigenvalue weighted by atomic mass is 32.2. The summed E-state index contributed by atoms with van der Waals surface area (Å²) in [6.07, 6.45) is -4.40. The van der Waals surface area contributed by atoms with Crippen LogP contribution in [0, 0.1) is 6.92 Å². The lowest BCUT2D eigenvalue weighted by Crippen LogP contribution is -2.04. The standard InChI is InChI=1S/C20H15F3N4O3S/c1-12-2-8-15(9-3-12)28-10-16-25-26-19(29-16)31-11-17-24-18(27-30-17)13-4-6-14(7-5-13)20(21,22)23/h2-9H,10-11H2,1H3. The number of ether oxygens (including phenoxy) is 1. The predicted octanol–water partition coefficient (Wildman–Crippen LogP) is 5.32.